The molecule has 7 heteroatoms. The van der Waals surface area contributed by atoms with Gasteiger partial charge >= 0.3 is 0 Å². The van der Waals surface area contributed by atoms with Crippen molar-refractivity contribution >= 4 is 33.0 Å². The fourth-order valence-electron chi connectivity index (χ4n) is 1.55. The van der Waals surface area contributed by atoms with E-state index >= 15 is 0 Å². The molecule has 0 unspecified atom stereocenters. The molecule has 0 saturated carbocycles. The largest absolute Gasteiger partial charge is 0.398 e. The lowest BCUT2D eigenvalue weighted by molar-refractivity contribution is 0.572. The van der Waals surface area contributed by atoms with E-state index in [0.717, 1.165) is 6.07 Å². The first-order valence-corrected chi connectivity index (χ1v) is 7.09. The third-order valence-corrected chi connectivity index (χ3v) is 4.17. The number of hydrogen-bond acceptors (Lipinski definition) is 3. The van der Waals surface area contributed by atoms with E-state index in [4.69, 9.17) is 17.3 Å². The van der Waals surface area contributed by atoms with Gasteiger partial charge in [0.15, 0.2) is 0 Å². The molecule has 0 atom stereocenters. The van der Waals surface area contributed by atoms with Gasteiger partial charge in [0.05, 0.1) is 16.4 Å². The van der Waals surface area contributed by atoms with Crippen LogP contribution in [0.25, 0.3) is 0 Å². The van der Waals surface area contributed by atoms with Crippen molar-refractivity contribution < 1.29 is 12.8 Å². The topological polar surface area (TPSA) is 72.2 Å². The highest BCUT2D eigenvalue weighted by molar-refractivity contribution is 7.93. The maximum Gasteiger partial charge on any atom is 0.266 e. The molecule has 0 aliphatic carbocycles. The highest BCUT2D eigenvalue weighted by Gasteiger charge is 2.22. The average Bonchev–Trinajstić information content (AvgIpc) is 2.31. The van der Waals surface area contributed by atoms with Crippen molar-refractivity contribution in [3.05, 3.63) is 53.3 Å². The zero-order valence-electron chi connectivity index (χ0n) is 9.60. The van der Waals surface area contributed by atoms with Crippen LogP contribution in [0.2, 0.25) is 5.02 Å². The van der Waals surface area contributed by atoms with Crippen molar-refractivity contribution in [3.8, 4) is 0 Å². The van der Waals surface area contributed by atoms with E-state index in [0.29, 0.717) is 0 Å². The normalized spacial score (nSPS) is 11.3. The van der Waals surface area contributed by atoms with E-state index in [-0.39, 0.29) is 16.4 Å². The lowest BCUT2D eigenvalue weighted by atomic mass is 10.3. The zero-order chi connectivity index (χ0) is 14.0. The van der Waals surface area contributed by atoms with E-state index < -0.39 is 20.7 Å². The Morgan fingerprint density at radius 2 is 1.79 bits per heavy atom. The molecule has 0 heterocycles. The van der Waals surface area contributed by atoms with Gasteiger partial charge in [0.1, 0.15) is 10.7 Å². The minimum Gasteiger partial charge on any atom is -0.398 e. The van der Waals surface area contributed by atoms with Gasteiger partial charge in [0.25, 0.3) is 10.0 Å². The van der Waals surface area contributed by atoms with Crippen LogP contribution in [0.3, 0.4) is 0 Å². The van der Waals surface area contributed by atoms with Crippen LogP contribution < -0.4 is 10.5 Å². The summed E-state index contributed by atoms with van der Waals surface area (Å²) in [7, 11) is -4.13. The van der Waals surface area contributed by atoms with E-state index in [1.165, 1.54) is 24.3 Å². The lowest BCUT2D eigenvalue weighted by Crippen LogP contribution is -2.16. The van der Waals surface area contributed by atoms with Gasteiger partial charge in [-0.1, -0.05) is 29.8 Å². The van der Waals surface area contributed by atoms with Crippen LogP contribution in [0.4, 0.5) is 15.8 Å². The quantitative estimate of drug-likeness (QED) is 0.856. The van der Waals surface area contributed by atoms with E-state index in [1.807, 2.05) is 0 Å². The first-order valence-electron chi connectivity index (χ1n) is 5.23. The molecule has 0 radical (unpaired) electrons. The summed E-state index contributed by atoms with van der Waals surface area (Å²) in [5, 5.41) is 0.209. The molecule has 0 aliphatic heterocycles. The third-order valence-electron chi connectivity index (χ3n) is 2.38. The Balaban J connectivity index is 2.47. The summed E-state index contributed by atoms with van der Waals surface area (Å²) in [6, 6.07) is 9.91. The molecule has 2 rings (SSSR count). The van der Waals surface area contributed by atoms with Crippen LogP contribution in [-0.4, -0.2) is 8.42 Å². The fraction of sp³-hybridized carbons (Fsp3) is 0. The highest BCUT2D eigenvalue weighted by atomic mass is 35.5. The van der Waals surface area contributed by atoms with Gasteiger partial charge in [-0.05, 0) is 24.3 Å². The molecule has 0 amide bonds. The number of nitrogens with two attached hydrogens (primary N) is 1. The number of sulfonamides is 1. The van der Waals surface area contributed by atoms with Crippen molar-refractivity contribution in [2.75, 3.05) is 10.5 Å². The number of rotatable bonds is 3. The summed E-state index contributed by atoms with van der Waals surface area (Å²) in [5.74, 6) is -0.917. The summed E-state index contributed by atoms with van der Waals surface area (Å²) in [5.41, 5.74) is 5.50. The molecule has 0 saturated heterocycles. The van der Waals surface area contributed by atoms with Crippen LogP contribution in [0, 0.1) is 5.82 Å². The number of nitrogen functional groups attached to an aromatic ring is 1. The van der Waals surface area contributed by atoms with Crippen LogP contribution in [0.5, 0.6) is 0 Å². The molecule has 0 aromatic heterocycles. The fourth-order valence-corrected chi connectivity index (χ4v) is 3.06. The van der Waals surface area contributed by atoms with Gasteiger partial charge in [0, 0.05) is 0 Å². The summed E-state index contributed by atoms with van der Waals surface area (Å²) in [4.78, 5) is -0.588. The Kier molecular flexibility index (Phi) is 3.64. The molecule has 3 N–H and O–H groups in total. The monoisotopic (exact) mass is 300 g/mol. The standard InChI is InChI=1S/C12H10ClFN2O2S/c13-8-4-1-2-7-11(8)16-19(17,18)12-9(14)5-3-6-10(12)15/h1-7,16H,15H2. The smallest absolute Gasteiger partial charge is 0.266 e. The summed E-state index contributed by atoms with van der Waals surface area (Å²) >= 11 is 5.85. The SMILES string of the molecule is Nc1cccc(F)c1S(=O)(=O)Nc1ccccc1Cl. The minimum atomic E-state index is -4.13. The third kappa shape index (κ3) is 2.80. The highest BCUT2D eigenvalue weighted by Crippen LogP contribution is 2.27. The van der Waals surface area contributed by atoms with Crippen LogP contribution in [0.1, 0.15) is 0 Å². The molecule has 19 heavy (non-hydrogen) atoms. The average molecular weight is 301 g/mol. The van der Waals surface area contributed by atoms with E-state index in [9.17, 15) is 12.8 Å². The van der Waals surface area contributed by atoms with Gasteiger partial charge in [-0.2, -0.15) is 0 Å². The first-order chi connectivity index (χ1) is 8.92. The predicted octanol–water partition coefficient (Wildman–Crippen LogP) is 2.86. The van der Waals surface area contributed by atoms with Gasteiger partial charge < -0.3 is 5.73 Å². The number of para-hydroxylation sites is 1. The number of halogens is 2. The zero-order valence-corrected chi connectivity index (χ0v) is 11.2. The molecular weight excluding hydrogens is 291 g/mol. The Labute approximate surface area is 115 Å². The van der Waals surface area contributed by atoms with Crippen molar-refractivity contribution in [2.24, 2.45) is 0 Å². The Morgan fingerprint density at radius 3 is 2.42 bits per heavy atom. The molecule has 0 spiro atoms. The van der Waals surface area contributed by atoms with Crippen molar-refractivity contribution in [1.82, 2.24) is 0 Å². The first kappa shape index (κ1) is 13.6. The predicted molar refractivity (Wildman–Crippen MR) is 73.1 cm³/mol. The lowest BCUT2D eigenvalue weighted by Gasteiger charge is -2.11. The van der Waals surface area contributed by atoms with Crippen molar-refractivity contribution in [2.45, 2.75) is 4.90 Å². The molecule has 100 valence electrons. The van der Waals surface area contributed by atoms with Gasteiger partial charge in [-0.25, -0.2) is 12.8 Å². The molecule has 2 aromatic carbocycles. The second-order valence-corrected chi connectivity index (χ2v) is 5.77. The molecular formula is C12H10ClFN2O2S. The number of hydrogen-bond donors (Lipinski definition) is 2. The summed E-state index contributed by atoms with van der Waals surface area (Å²) < 4.78 is 40.0. The second kappa shape index (κ2) is 5.07. The number of benzene rings is 2. The summed E-state index contributed by atoms with van der Waals surface area (Å²) in [6.07, 6.45) is 0. The molecule has 0 fully saturated rings. The second-order valence-electron chi connectivity index (χ2n) is 3.74. The van der Waals surface area contributed by atoms with Gasteiger partial charge in [-0.15, -0.1) is 0 Å². The minimum absolute atomic E-state index is 0.159. The van der Waals surface area contributed by atoms with Gasteiger partial charge in [-0.3, -0.25) is 4.72 Å². The summed E-state index contributed by atoms with van der Waals surface area (Å²) in [6.45, 7) is 0. The maximum atomic E-state index is 13.6. The maximum absolute atomic E-state index is 13.6. The van der Waals surface area contributed by atoms with Crippen molar-refractivity contribution in [1.29, 1.82) is 0 Å². The van der Waals surface area contributed by atoms with Crippen molar-refractivity contribution in [3.63, 3.8) is 0 Å². The molecule has 4 nitrogen and oxygen atoms in total. The van der Waals surface area contributed by atoms with E-state index in [1.54, 1.807) is 12.1 Å². The Hall–Kier alpha value is -1.79. The van der Waals surface area contributed by atoms with Crippen LogP contribution >= 0.6 is 11.6 Å². The van der Waals surface area contributed by atoms with Gasteiger partial charge in [0.2, 0.25) is 0 Å². The van der Waals surface area contributed by atoms with Crippen LogP contribution in [-0.2, 0) is 10.0 Å². The Morgan fingerprint density at radius 1 is 1.11 bits per heavy atom. The molecule has 0 aliphatic rings. The number of nitrogens with one attached hydrogen (secondary N) is 1. The number of anilines is 2. The molecule has 2 aromatic rings. The Bertz CT molecular complexity index is 699. The molecule has 0 bridgehead atoms. The van der Waals surface area contributed by atoms with Crippen LogP contribution in [0.15, 0.2) is 47.4 Å². The van der Waals surface area contributed by atoms with E-state index in [2.05, 4.69) is 4.72 Å².